The zero-order valence-electron chi connectivity index (χ0n) is 20.8. The zero-order chi connectivity index (χ0) is 24.5. The molecule has 1 fully saturated rings. The molecule has 0 amide bonds. The van der Waals surface area contributed by atoms with Crippen LogP contribution in [-0.2, 0) is 0 Å². The number of nitrogens with zero attached hydrogens (tertiary/aromatic N) is 1. The zero-order valence-corrected chi connectivity index (χ0v) is 21.5. The largest absolute Gasteiger partial charge is 0.493 e. The second-order valence-electron chi connectivity index (χ2n) is 8.41. The van der Waals surface area contributed by atoms with Gasteiger partial charge in [-0.1, -0.05) is 68.5 Å². The van der Waals surface area contributed by atoms with Gasteiger partial charge in [-0.05, 0) is 64.2 Å². The smallest absolute Gasteiger partial charge is 0.150 e. The lowest BCUT2D eigenvalue weighted by molar-refractivity contribution is 0.112. The summed E-state index contributed by atoms with van der Waals surface area (Å²) in [6.07, 6.45) is 11.4. The lowest BCUT2D eigenvalue weighted by atomic mass is 9.87. The fraction of sp³-hybridized carbons (Fsp3) is 0.464. The number of hydrogen-bond donors (Lipinski definition) is 1. The van der Waals surface area contributed by atoms with Crippen LogP contribution in [0.15, 0.2) is 49.0 Å². The summed E-state index contributed by atoms with van der Waals surface area (Å²) in [5.74, 6) is 1.93. The van der Waals surface area contributed by atoms with Crippen molar-refractivity contribution in [1.29, 1.82) is 0 Å². The molecule has 182 valence electrons. The molecule has 0 atom stereocenters. The minimum Gasteiger partial charge on any atom is -0.493 e. The van der Waals surface area contributed by atoms with E-state index in [1.165, 1.54) is 45.1 Å². The third kappa shape index (κ3) is 12.5. The number of carbonyl (C=O) groups is 1. The van der Waals surface area contributed by atoms with E-state index in [1.807, 2.05) is 32.2 Å². The molecule has 1 saturated carbocycles. The first-order chi connectivity index (χ1) is 15.9. The average molecular weight is 473 g/mol. The molecule has 5 heteroatoms. The Labute approximate surface area is 206 Å². The molecule has 0 saturated heterocycles. The van der Waals surface area contributed by atoms with Gasteiger partial charge in [-0.3, -0.25) is 4.79 Å². The Hall–Kier alpha value is -2.30. The fourth-order valence-corrected chi connectivity index (χ4v) is 3.72. The van der Waals surface area contributed by atoms with Crippen molar-refractivity contribution in [3.05, 3.63) is 65.2 Å². The van der Waals surface area contributed by atoms with Crippen molar-refractivity contribution in [3.63, 3.8) is 0 Å². The highest BCUT2D eigenvalue weighted by Crippen LogP contribution is 2.26. The van der Waals surface area contributed by atoms with Gasteiger partial charge in [-0.15, -0.1) is 0 Å². The van der Waals surface area contributed by atoms with Crippen molar-refractivity contribution < 1.29 is 9.53 Å². The van der Waals surface area contributed by atoms with Crippen LogP contribution in [0, 0.1) is 5.92 Å². The van der Waals surface area contributed by atoms with E-state index in [4.69, 9.17) is 16.3 Å². The molecule has 33 heavy (non-hydrogen) atoms. The van der Waals surface area contributed by atoms with Crippen LogP contribution in [-0.4, -0.2) is 45.5 Å². The summed E-state index contributed by atoms with van der Waals surface area (Å²) in [4.78, 5) is 12.4. The van der Waals surface area contributed by atoms with Gasteiger partial charge >= 0.3 is 0 Å². The topological polar surface area (TPSA) is 41.6 Å². The maximum absolute atomic E-state index is 10.1. The van der Waals surface area contributed by atoms with Crippen molar-refractivity contribution in [2.24, 2.45) is 5.92 Å². The second kappa shape index (κ2) is 17.2. The maximum atomic E-state index is 10.1. The van der Waals surface area contributed by atoms with E-state index in [0.717, 1.165) is 29.2 Å². The predicted molar refractivity (Wildman–Crippen MR) is 144 cm³/mol. The SMILES string of the molecule is C=Cc1ccc(NC)cc1OCC.CN(C)CCC1CCCCC1.O=Cc1ccc(Cl)cc1. The molecule has 0 heterocycles. The predicted octanol–water partition coefficient (Wildman–Crippen LogP) is 7.44. The fourth-order valence-electron chi connectivity index (χ4n) is 3.60. The summed E-state index contributed by atoms with van der Waals surface area (Å²) in [5, 5.41) is 3.72. The average Bonchev–Trinajstić information content (AvgIpc) is 2.85. The van der Waals surface area contributed by atoms with Gasteiger partial charge in [-0.25, -0.2) is 0 Å². The van der Waals surface area contributed by atoms with Crippen molar-refractivity contribution in [2.75, 3.05) is 39.6 Å². The summed E-state index contributed by atoms with van der Waals surface area (Å²) < 4.78 is 5.46. The lowest BCUT2D eigenvalue weighted by Gasteiger charge is -2.22. The Balaban J connectivity index is 0.000000252. The number of halogens is 1. The van der Waals surface area contributed by atoms with Crippen LogP contribution in [0.2, 0.25) is 5.02 Å². The van der Waals surface area contributed by atoms with E-state index < -0.39 is 0 Å². The van der Waals surface area contributed by atoms with Gasteiger partial charge in [0.1, 0.15) is 12.0 Å². The minimum absolute atomic E-state index is 0.652. The summed E-state index contributed by atoms with van der Waals surface area (Å²) in [6.45, 7) is 7.66. The minimum atomic E-state index is 0.652. The van der Waals surface area contributed by atoms with Crippen molar-refractivity contribution in [2.45, 2.75) is 45.4 Å². The molecule has 3 rings (SSSR count). The van der Waals surface area contributed by atoms with E-state index in [9.17, 15) is 4.79 Å². The first-order valence-electron chi connectivity index (χ1n) is 11.9. The van der Waals surface area contributed by atoms with Crippen LogP contribution in [0.4, 0.5) is 5.69 Å². The van der Waals surface area contributed by atoms with E-state index in [2.05, 4.69) is 30.9 Å². The Bertz CT molecular complexity index is 800. The first kappa shape index (κ1) is 28.7. The van der Waals surface area contributed by atoms with Crippen LogP contribution in [0.1, 0.15) is 61.4 Å². The number of benzene rings is 2. The molecular formula is C28H41ClN2O2. The molecule has 2 aromatic rings. The monoisotopic (exact) mass is 472 g/mol. The Morgan fingerprint density at radius 3 is 2.30 bits per heavy atom. The molecular weight excluding hydrogens is 432 g/mol. The summed E-state index contributed by atoms with van der Waals surface area (Å²) in [5.41, 5.74) is 2.73. The van der Waals surface area contributed by atoms with Crippen LogP contribution in [0.3, 0.4) is 0 Å². The Morgan fingerprint density at radius 2 is 1.79 bits per heavy atom. The molecule has 0 spiro atoms. The number of ether oxygens (including phenoxy) is 1. The van der Waals surface area contributed by atoms with Gasteiger partial charge in [-0.2, -0.15) is 0 Å². The number of carbonyl (C=O) groups excluding carboxylic acids is 1. The molecule has 1 aliphatic carbocycles. The summed E-state index contributed by atoms with van der Waals surface area (Å²) >= 11 is 5.55. The maximum Gasteiger partial charge on any atom is 0.150 e. The van der Waals surface area contributed by atoms with Crippen molar-refractivity contribution in [3.8, 4) is 5.75 Å². The third-order valence-corrected chi connectivity index (χ3v) is 5.79. The number of anilines is 1. The lowest BCUT2D eigenvalue weighted by Crippen LogP contribution is -2.18. The van der Waals surface area contributed by atoms with Gasteiger partial charge in [0, 0.05) is 35.0 Å². The molecule has 0 unspecified atom stereocenters. The van der Waals surface area contributed by atoms with Crippen LogP contribution >= 0.6 is 11.6 Å². The summed E-state index contributed by atoms with van der Waals surface area (Å²) in [7, 11) is 6.23. The Kier molecular flexibility index (Phi) is 15.0. The summed E-state index contributed by atoms with van der Waals surface area (Å²) in [6, 6.07) is 12.7. The van der Waals surface area contributed by atoms with Gasteiger partial charge in [0.25, 0.3) is 0 Å². The number of rotatable bonds is 8. The van der Waals surface area contributed by atoms with E-state index in [0.29, 0.717) is 17.2 Å². The van der Waals surface area contributed by atoms with Crippen LogP contribution in [0.5, 0.6) is 5.75 Å². The molecule has 0 aromatic heterocycles. The highest BCUT2D eigenvalue weighted by Gasteiger charge is 2.12. The first-order valence-corrected chi connectivity index (χ1v) is 12.2. The molecule has 2 aromatic carbocycles. The molecule has 1 aliphatic rings. The van der Waals surface area contributed by atoms with E-state index >= 15 is 0 Å². The Morgan fingerprint density at radius 1 is 1.12 bits per heavy atom. The number of hydrogen-bond acceptors (Lipinski definition) is 4. The van der Waals surface area contributed by atoms with Gasteiger partial charge in [0.2, 0.25) is 0 Å². The van der Waals surface area contributed by atoms with Gasteiger partial charge in [0.05, 0.1) is 6.61 Å². The highest BCUT2D eigenvalue weighted by molar-refractivity contribution is 6.30. The van der Waals surface area contributed by atoms with E-state index in [-0.39, 0.29) is 0 Å². The highest BCUT2D eigenvalue weighted by atomic mass is 35.5. The van der Waals surface area contributed by atoms with Gasteiger partial charge < -0.3 is 15.0 Å². The molecule has 1 N–H and O–H groups in total. The van der Waals surface area contributed by atoms with Crippen molar-refractivity contribution in [1.82, 2.24) is 4.90 Å². The quantitative estimate of drug-likeness (QED) is 0.405. The standard InChI is InChI=1S/C11H15NO.C10H21N.C7H5ClO/c1-4-9-6-7-10(12-3)8-11(9)13-5-2;1-11(2)9-8-10-6-4-3-5-7-10;8-7-3-1-6(5-9)2-4-7/h4,6-8,12H,1,5H2,2-3H3;10H,3-9H2,1-2H3;1-5H. The normalized spacial score (nSPS) is 13.2. The molecule has 0 radical (unpaired) electrons. The van der Waals surface area contributed by atoms with E-state index in [1.54, 1.807) is 30.3 Å². The van der Waals surface area contributed by atoms with Crippen molar-refractivity contribution >= 4 is 29.7 Å². The number of aldehydes is 1. The third-order valence-electron chi connectivity index (χ3n) is 5.54. The molecule has 0 bridgehead atoms. The molecule has 0 aliphatic heterocycles. The van der Waals surface area contributed by atoms with Gasteiger partial charge in [0.15, 0.2) is 0 Å². The van der Waals surface area contributed by atoms with Crippen LogP contribution in [0.25, 0.3) is 6.08 Å². The number of nitrogens with one attached hydrogen (secondary N) is 1. The second-order valence-corrected chi connectivity index (χ2v) is 8.84. The molecule has 4 nitrogen and oxygen atoms in total. The van der Waals surface area contributed by atoms with Crippen LogP contribution < -0.4 is 10.1 Å².